The molecule has 0 unspecified atom stereocenters. The van der Waals surface area contributed by atoms with E-state index >= 15 is 0 Å². The smallest absolute Gasteiger partial charge is 0.280 e. The summed E-state index contributed by atoms with van der Waals surface area (Å²) in [5.74, 6) is -0.710. The Kier molecular flexibility index (Phi) is 5.86. The monoisotopic (exact) mass is 469 g/mol. The maximum absolute atomic E-state index is 13.4. The fraction of sp³-hybridized carbons (Fsp3) is 0.0741. The predicted octanol–water partition coefficient (Wildman–Crippen LogP) is 5.90. The van der Waals surface area contributed by atoms with Gasteiger partial charge in [-0.3, -0.25) is 14.3 Å². The average molecular weight is 470 g/mol. The molecule has 0 aliphatic heterocycles. The van der Waals surface area contributed by atoms with Crippen LogP contribution in [-0.4, -0.2) is 20.6 Å². The number of nitrogens with zero attached hydrogens (tertiary/aromatic N) is 2. The van der Waals surface area contributed by atoms with Crippen molar-refractivity contribution in [1.29, 1.82) is 0 Å². The van der Waals surface area contributed by atoms with Crippen molar-refractivity contribution in [1.82, 2.24) is 14.3 Å². The summed E-state index contributed by atoms with van der Waals surface area (Å²) in [5, 5.41) is 1.64. The van der Waals surface area contributed by atoms with Crippen molar-refractivity contribution in [2.75, 3.05) is 0 Å². The number of carbonyl (C=O) groups is 2. The van der Waals surface area contributed by atoms with Gasteiger partial charge in [-0.05, 0) is 36.8 Å². The van der Waals surface area contributed by atoms with Gasteiger partial charge in [0.15, 0.2) is 0 Å². The Morgan fingerprint density at radius 3 is 2.41 bits per heavy atom. The Hall–Kier alpha value is -3.97. The molecular weight excluding hydrogens is 449 g/mol. The van der Waals surface area contributed by atoms with Crippen LogP contribution >= 0.6 is 11.9 Å². The molecule has 1 amide bonds. The molecule has 34 heavy (non-hydrogen) atoms. The third-order valence-corrected chi connectivity index (χ3v) is 6.36. The average Bonchev–Trinajstić information content (AvgIpc) is 3.18. The first kappa shape index (κ1) is 21.9. The van der Waals surface area contributed by atoms with E-state index in [-0.39, 0.29) is 16.6 Å². The van der Waals surface area contributed by atoms with Crippen LogP contribution in [0.1, 0.15) is 32.1 Å². The number of aromatic nitrogens is 2. The van der Waals surface area contributed by atoms with Gasteiger partial charge in [-0.25, -0.2) is 9.37 Å². The van der Waals surface area contributed by atoms with E-state index in [2.05, 4.69) is 14.3 Å². The number of hydrogen-bond donors (Lipinski definition) is 1. The number of fused-ring (bicyclic) bond motifs is 3. The number of halogens is 1. The molecule has 3 aromatic carbocycles. The van der Waals surface area contributed by atoms with Gasteiger partial charge in [-0.1, -0.05) is 60.7 Å². The maximum atomic E-state index is 13.4. The number of para-hydroxylation sites is 1. The summed E-state index contributed by atoms with van der Waals surface area (Å²) >= 11 is 0.741. The molecule has 0 aliphatic rings. The van der Waals surface area contributed by atoms with E-state index in [1.54, 1.807) is 42.5 Å². The van der Waals surface area contributed by atoms with Crippen LogP contribution in [0.3, 0.4) is 0 Å². The quantitative estimate of drug-likeness (QED) is 0.333. The highest BCUT2D eigenvalue weighted by atomic mass is 32.2. The van der Waals surface area contributed by atoms with Crippen molar-refractivity contribution >= 4 is 44.8 Å². The second kappa shape index (κ2) is 9.11. The van der Waals surface area contributed by atoms with Crippen LogP contribution in [0.15, 0.2) is 84.9 Å². The molecule has 0 atom stereocenters. The molecule has 0 fully saturated rings. The Bertz CT molecular complexity index is 1530. The number of pyridine rings is 1. The maximum Gasteiger partial charge on any atom is 0.280 e. The minimum atomic E-state index is -0.436. The normalized spacial score (nSPS) is 11.1. The lowest BCUT2D eigenvalue weighted by Gasteiger charge is -2.10. The first-order valence-corrected chi connectivity index (χ1v) is 11.5. The van der Waals surface area contributed by atoms with Gasteiger partial charge in [0.05, 0.1) is 11.2 Å². The zero-order chi connectivity index (χ0) is 23.7. The van der Waals surface area contributed by atoms with Crippen LogP contribution < -0.4 is 4.72 Å². The second-order valence-electron chi connectivity index (χ2n) is 7.91. The van der Waals surface area contributed by atoms with Crippen molar-refractivity contribution in [2.24, 2.45) is 0 Å². The fourth-order valence-corrected chi connectivity index (χ4v) is 4.64. The van der Waals surface area contributed by atoms with E-state index in [1.165, 1.54) is 12.1 Å². The van der Waals surface area contributed by atoms with Gasteiger partial charge < -0.3 is 4.57 Å². The van der Waals surface area contributed by atoms with Crippen LogP contribution in [0.5, 0.6) is 0 Å². The molecule has 0 saturated carbocycles. The molecular formula is C27H20FN3O2S. The van der Waals surface area contributed by atoms with Gasteiger partial charge in [0.1, 0.15) is 11.5 Å². The van der Waals surface area contributed by atoms with Crippen LogP contribution in [0.2, 0.25) is 0 Å². The summed E-state index contributed by atoms with van der Waals surface area (Å²) in [6, 6.07) is 24.9. The van der Waals surface area contributed by atoms with Gasteiger partial charge in [-0.2, -0.15) is 0 Å². The fourth-order valence-electron chi connectivity index (χ4n) is 4.10. The largest absolute Gasteiger partial charge is 0.334 e. The summed E-state index contributed by atoms with van der Waals surface area (Å²) in [7, 11) is 0. The van der Waals surface area contributed by atoms with E-state index in [1.807, 2.05) is 37.3 Å². The highest BCUT2D eigenvalue weighted by Crippen LogP contribution is 2.32. The van der Waals surface area contributed by atoms with Crippen molar-refractivity contribution in [3.8, 4) is 0 Å². The van der Waals surface area contributed by atoms with Gasteiger partial charge in [0, 0.05) is 40.3 Å². The SMILES string of the molecule is Cc1nc(C(=O)NSC(=O)c2ccccc2)cc2c3ccccc3n(Cc3ccc(F)cc3)c12. The molecule has 5 rings (SSSR count). The van der Waals surface area contributed by atoms with E-state index in [0.717, 1.165) is 39.3 Å². The molecule has 0 radical (unpaired) electrons. The molecule has 7 heteroatoms. The molecule has 0 spiro atoms. The summed E-state index contributed by atoms with van der Waals surface area (Å²) < 4.78 is 18.1. The molecule has 168 valence electrons. The number of rotatable bonds is 4. The van der Waals surface area contributed by atoms with Crippen LogP contribution in [-0.2, 0) is 6.54 Å². The molecule has 0 bridgehead atoms. The highest BCUT2D eigenvalue weighted by molar-refractivity contribution is 8.12. The molecule has 5 aromatic rings. The van der Waals surface area contributed by atoms with Gasteiger partial charge >= 0.3 is 0 Å². The Balaban J connectivity index is 1.50. The molecule has 2 heterocycles. The standard InChI is InChI=1S/C27H20FN3O2S/c1-17-25-22(15-23(29-17)26(32)30-34-27(33)19-7-3-2-4-8-19)21-9-5-6-10-24(21)31(25)16-18-11-13-20(28)14-12-18/h2-15H,16H2,1H3,(H,30,32). The topological polar surface area (TPSA) is 64.0 Å². The van der Waals surface area contributed by atoms with Crippen LogP contribution in [0, 0.1) is 12.7 Å². The molecule has 2 aromatic heterocycles. The van der Waals surface area contributed by atoms with Gasteiger partial charge in [-0.15, -0.1) is 0 Å². The zero-order valence-electron chi connectivity index (χ0n) is 18.3. The first-order valence-electron chi connectivity index (χ1n) is 10.7. The number of hydrogen-bond acceptors (Lipinski definition) is 4. The zero-order valence-corrected chi connectivity index (χ0v) is 19.1. The summed E-state index contributed by atoms with van der Waals surface area (Å²) in [6.45, 7) is 2.40. The van der Waals surface area contributed by atoms with Crippen molar-refractivity contribution in [3.63, 3.8) is 0 Å². The molecule has 1 N–H and O–H groups in total. The Morgan fingerprint density at radius 2 is 1.65 bits per heavy atom. The lowest BCUT2D eigenvalue weighted by molar-refractivity contribution is 0.0973. The van der Waals surface area contributed by atoms with Gasteiger partial charge in [0.2, 0.25) is 5.12 Å². The summed E-state index contributed by atoms with van der Waals surface area (Å²) in [5.41, 5.74) is 4.31. The number of aryl methyl sites for hydroxylation is 1. The summed E-state index contributed by atoms with van der Waals surface area (Å²) in [4.78, 5) is 29.7. The van der Waals surface area contributed by atoms with Crippen molar-refractivity contribution in [2.45, 2.75) is 13.5 Å². The lowest BCUT2D eigenvalue weighted by atomic mass is 10.1. The number of amides is 1. The Labute approximate surface area is 199 Å². The van der Waals surface area contributed by atoms with Gasteiger partial charge in [0.25, 0.3) is 5.91 Å². The van der Waals surface area contributed by atoms with Crippen LogP contribution in [0.4, 0.5) is 4.39 Å². The molecule has 0 aliphatic carbocycles. The van der Waals surface area contributed by atoms with Crippen molar-refractivity contribution < 1.29 is 14.0 Å². The van der Waals surface area contributed by atoms with Crippen LogP contribution in [0.25, 0.3) is 21.8 Å². The number of nitrogens with one attached hydrogen (secondary N) is 1. The lowest BCUT2D eigenvalue weighted by Crippen LogP contribution is -2.20. The third-order valence-electron chi connectivity index (χ3n) is 5.65. The van der Waals surface area contributed by atoms with Crippen molar-refractivity contribution in [3.05, 3.63) is 113 Å². The van der Waals surface area contributed by atoms with E-state index in [4.69, 9.17) is 0 Å². The third kappa shape index (κ3) is 4.18. The van der Waals surface area contributed by atoms with E-state index < -0.39 is 5.91 Å². The number of carbonyl (C=O) groups excluding carboxylic acids is 2. The first-order chi connectivity index (χ1) is 16.5. The Morgan fingerprint density at radius 1 is 0.941 bits per heavy atom. The highest BCUT2D eigenvalue weighted by Gasteiger charge is 2.18. The van der Waals surface area contributed by atoms with E-state index in [9.17, 15) is 14.0 Å². The molecule has 0 saturated heterocycles. The summed E-state index contributed by atoms with van der Waals surface area (Å²) in [6.07, 6.45) is 0. The minimum absolute atomic E-state index is 0.239. The number of benzene rings is 3. The molecule has 5 nitrogen and oxygen atoms in total. The predicted molar refractivity (Wildman–Crippen MR) is 133 cm³/mol. The second-order valence-corrected chi connectivity index (χ2v) is 8.68. The van der Waals surface area contributed by atoms with E-state index in [0.29, 0.717) is 17.8 Å². The minimum Gasteiger partial charge on any atom is -0.334 e.